The summed E-state index contributed by atoms with van der Waals surface area (Å²) in [6.07, 6.45) is 49.9. The van der Waals surface area contributed by atoms with Crippen molar-refractivity contribution >= 4 is 5.91 Å². The summed E-state index contributed by atoms with van der Waals surface area (Å²) in [6.45, 7) is 4.15. The van der Waals surface area contributed by atoms with Crippen LogP contribution in [0.15, 0.2) is 48.6 Å². The molecule has 0 aromatic carbocycles. The molecule has 3 unspecified atom stereocenters. The van der Waals surface area contributed by atoms with Crippen molar-refractivity contribution in [3.05, 3.63) is 48.6 Å². The quantitative estimate of drug-likeness (QED) is 0.0386. The molecule has 0 bridgehead atoms. The lowest BCUT2D eigenvalue weighted by Gasteiger charge is -2.21. The smallest absolute Gasteiger partial charge is 0.249 e. The van der Waals surface area contributed by atoms with Crippen LogP contribution >= 0.6 is 0 Å². The minimum absolute atomic E-state index is 0.384. The SMILES string of the molecule is CCCCCCCC/C=C\CCCCCCCCC(O)C(=O)NC(CO)C(O)/C=C/CC/C=C/CC/C=C/CCCCCCCCCCC. The molecule has 3 atom stereocenters. The number of rotatable bonds is 37. The lowest BCUT2D eigenvalue weighted by Crippen LogP contribution is -2.48. The third kappa shape index (κ3) is 34.5. The number of hydrogen-bond acceptors (Lipinski definition) is 4. The Bertz CT molecular complexity index is 805. The Labute approximate surface area is 304 Å². The molecule has 0 spiro atoms. The van der Waals surface area contributed by atoms with Crippen LogP contribution in [0, 0.1) is 0 Å². The van der Waals surface area contributed by atoms with Gasteiger partial charge in [0.2, 0.25) is 5.91 Å². The van der Waals surface area contributed by atoms with Crippen LogP contribution in [0.2, 0.25) is 0 Å². The topological polar surface area (TPSA) is 89.8 Å². The number of carbonyl (C=O) groups is 1. The molecule has 5 heteroatoms. The van der Waals surface area contributed by atoms with E-state index in [1.165, 1.54) is 128 Å². The van der Waals surface area contributed by atoms with E-state index in [1.807, 2.05) is 6.08 Å². The molecule has 0 aromatic rings. The summed E-state index contributed by atoms with van der Waals surface area (Å²) in [7, 11) is 0. The largest absolute Gasteiger partial charge is 0.394 e. The van der Waals surface area contributed by atoms with Crippen molar-refractivity contribution in [3.8, 4) is 0 Å². The second kappa shape index (κ2) is 39.1. The molecule has 0 aliphatic carbocycles. The second-order valence-corrected chi connectivity index (χ2v) is 14.2. The third-order valence-corrected chi connectivity index (χ3v) is 9.37. The van der Waals surface area contributed by atoms with Crippen LogP contribution in [0.5, 0.6) is 0 Å². The number of hydrogen-bond donors (Lipinski definition) is 4. The van der Waals surface area contributed by atoms with E-state index < -0.39 is 24.2 Å². The van der Waals surface area contributed by atoms with E-state index in [0.717, 1.165) is 51.4 Å². The average Bonchev–Trinajstić information content (AvgIpc) is 3.11. The highest BCUT2D eigenvalue weighted by molar-refractivity contribution is 5.80. The fourth-order valence-electron chi connectivity index (χ4n) is 6.03. The highest BCUT2D eigenvalue weighted by atomic mass is 16.3. The van der Waals surface area contributed by atoms with Gasteiger partial charge < -0.3 is 20.6 Å². The van der Waals surface area contributed by atoms with Crippen LogP contribution in [0.3, 0.4) is 0 Å². The first-order valence-electron chi connectivity index (χ1n) is 21.0. The molecular weight excluding hydrogens is 606 g/mol. The minimum atomic E-state index is -1.11. The number of allylic oxidation sites excluding steroid dienone is 7. The maximum absolute atomic E-state index is 12.4. The monoisotopic (exact) mass is 688 g/mol. The zero-order valence-electron chi connectivity index (χ0n) is 32.3. The Morgan fingerprint density at radius 2 is 0.837 bits per heavy atom. The van der Waals surface area contributed by atoms with Crippen molar-refractivity contribution < 1.29 is 20.1 Å². The van der Waals surface area contributed by atoms with Gasteiger partial charge in [0.05, 0.1) is 18.8 Å². The highest BCUT2D eigenvalue weighted by Crippen LogP contribution is 2.13. The van der Waals surface area contributed by atoms with Crippen LogP contribution < -0.4 is 5.32 Å². The maximum atomic E-state index is 12.4. The molecule has 0 saturated heterocycles. The van der Waals surface area contributed by atoms with Crippen LogP contribution in [-0.2, 0) is 4.79 Å². The van der Waals surface area contributed by atoms with Gasteiger partial charge in [-0.3, -0.25) is 4.79 Å². The molecule has 0 saturated carbocycles. The maximum Gasteiger partial charge on any atom is 0.249 e. The van der Waals surface area contributed by atoms with Gasteiger partial charge in [0.1, 0.15) is 6.10 Å². The molecule has 0 heterocycles. The molecule has 286 valence electrons. The highest BCUT2D eigenvalue weighted by Gasteiger charge is 2.22. The predicted octanol–water partition coefficient (Wildman–Crippen LogP) is 11.8. The zero-order valence-corrected chi connectivity index (χ0v) is 32.3. The van der Waals surface area contributed by atoms with Gasteiger partial charge in [-0.05, 0) is 70.6 Å². The van der Waals surface area contributed by atoms with E-state index in [4.69, 9.17) is 0 Å². The Kier molecular flexibility index (Phi) is 37.8. The van der Waals surface area contributed by atoms with Gasteiger partial charge in [-0.25, -0.2) is 0 Å². The fraction of sp³-hybridized carbons (Fsp3) is 0.795. The number of amides is 1. The summed E-state index contributed by atoms with van der Waals surface area (Å²) in [4.78, 5) is 12.4. The normalized spacial score (nSPS) is 14.1. The lowest BCUT2D eigenvalue weighted by atomic mass is 10.0. The Morgan fingerprint density at radius 1 is 0.490 bits per heavy atom. The van der Waals surface area contributed by atoms with Crippen molar-refractivity contribution in [1.29, 1.82) is 0 Å². The summed E-state index contributed by atoms with van der Waals surface area (Å²) < 4.78 is 0. The van der Waals surface area contributed by atoms with Crippen LogP contribution in [0.1, 0.15) is 200 Å². The molecule has 4 N–H and O–H groups in total. The predicted molar refractivity (Wildman–Crippen MR) is 213 cm³/mol. The third-order valence-electron chi connectivity index (χ3n) is 9.37. The molecule has 0 radical (unpaired) electrons. The first-order valence-corrected chi connectivity index (χ1v) is 21.0. The van der Waals surface area contributed by atoms with E-state index in [9.17, 15) is 20.1 Å². The van der Waals surface area contributed by atoms with Crippen LogP contribution in [-0.4, -0.2) is 46.1 Å². The molecule has 0 aromatic heterocycles. The second-order valence-electron chi connectivity index (χ2n) is 14.2. The average molecular weight is 688 g/mol. The molecule has 1 amide bonds. The van der Waals surface area contributed by atoms with Crippen molar-refractivity contribution in [2.24, 2.45) is 0 Å². The fourth-order valence-corrected chi connectivity index (χ4v) is 6.03. The Hall–Kier alpha value is -1.69. The van der Waals surface area contributed by atoms with Gasteiger partial charge in [-0.1, -0.05) is 178 Å². The number of nitrogens with one attached hydrogen (secondary N) is 1. The van der Waals surface area contributed by atoms with Crippen molar-refractivity contribution in [1.82, 2.24) is 5.32 Å². The van der Waals surface area contributed by atoms with Gasteiger partial charge in [0.25, 0.3) is 0 Å². The van der Waals surface area contributed by atoms with E-state index in [2.05, 4.69) is 55.6 Å². The molecule has 0 aliphatic heterocycles. The summed E-state index contributed by atoms with van der Waals surface area (Å²) >= 11 is 0. The zero-order chi connectivity index (χ0) is 35.9. The van der Waals surface area contributed by atoms with E-state index in [-0.39, 0.29) is 6.61 Å². The van der Waals surface area contributed by atoms with Gasteiger partial charge in [-0.2, -0.15) is 0 Å². The molecule has 5 nitrogen and oxygen atoms in total. The van der Waals surface area contributed by atoms with Gasteiger partial charge in [0.15, 0.2) is 0 Å². The van der Waals surface area contributed by atoms with Crippen molar-refractivity contribution in [2.45, 2.75) is 218 Å². The summed E-state index contributed by atoms with van der Waals surface area (Å²) in [5.74, 6) is -0.524. The molecule has 0 fully saturated rings. The van der Waals surface area contributed by atoms with Crippen LogP contribution in [0.25, 0.3) is 0 Å². The Balaban J connectivity index is 3.80. The number of aliphatic hydroxyl groups is 3. The van der Waals surface area contributed by atoms with Gasteiger partial charge in [-0.15, -0.1) is 0 Å². The lowest BCUT2D eigenvalue weighted by molar-refractivity contribution is -0.131. The Morgan fingerprint density at radius 3 is 1.24 bits per heavy atom. The van der Waals surface area contributed by atoms with Gasteiger partial charge in [0, 0.05) is 0 Å². The summed E-state index contributed by atoms with van der Waals surface area (Å²) in [5, 5.41) is 33.0. The minimum Gasteiger partial charge on any atom is -0.394 e. The molecule has 0 rings (SSSR count). The van der Waals surface area contributed by atoms with Crippen LogP contribution in [0.4, 0.5) is 0 Å². The first kappa shape index (κ1) is 47.3. The van der Waals surface area contributed by atoms with E-state index in [0.29, 0.717) is 6.42 Å². The molecule has 0 aliphatic rings. The summed E-state index contributed by atoms with van der Waals surface area (Å²) in [6, 6.07) is -0.823. The molecule has 49 heavy (non-hydrogen) atoms. The van der Waals surface area contributed by atoms with Crippen molar-refractivity contribution in [2.75, 3.05) is 6.61 Å². The van der Waals surface area contributed by atoms with Crippen molar-refractivity contribution in [3.63, 3.8) is 0 Å². The van der Waals surface area contributed by atoms with Gasteiger partial charge >= 0.3 is 0 Å². The number of unbranched alkanes of at least 4 members (excludes halogenated alkanes) is 23. The first-order chi connectivity index (χ1) is 24.1. The summed E-state index contributed by atoms with van der Waals surface area (Å²) in [5.41, 5.74) is 0. The standard InChI is InChI=1S/C44H81NO4/c1-3-5-7-9-11-13-15-17-19-21-22-23-25-26-28-30-32-34-36-38-42(47)41(40-46)45-44(49)43(48)39-37-35-33-31-29-27-24-20-18-16-14-12-10-8-6-4-2/h18,20,22-23,28,30,36,38,41-43,46-48H,3-17,19,21,24-27,29,31-35,37,39-40H2,1-2H3,(H,45,49)/b20-18-,23-22+,30-28+,38-36+. The van der Waals surface area contributed by atoms with E-state index >= 15 is 0 Å². The number of carbonyl (C=O) groups excluding carboxylic acids is 1. The molecular formula is C44H81NO4. The number of aliphatic hydroxyl groups excluding tert-OH is 3. The van der Waals surface area contributed by atoms with E-state index in [1.54, 1.807) is 6.08 Å².